The van der Waals surface area contributed by atoms with Crippen LogP contribution in [0.15, 0.2) is 66.7 Å². The van der Waals surface area contributed by atoms with E-state index >= 15 is 0 Å². The highest BCUT2D eigenvalue weighted by molar-refractivity contribution is 7.85. The number of fused-ring (bicyclic) bond motifs is 1. The van der Waals surface area contributed by atoms with Gasteiger partial charge in [-0.3, -0.25) is 9.59 Å². The molecule has 5 rings (SSSR count). The number of carbonyl (C=O) groups excluding carboxylic acids is 1. The Labute approximate surface area is 209 Å². The molecule has 0 amide bonds. The molecule has 0 radical (unpaired) electrons. The second-order valence-electron chi connectivity index (χ2n) is 8.17. The number of carboxylic acid groups (broad SMARTS) is 1. The number of carboxylic acids is 1. The number of hydrogen-bond acceptors (Lipinski definition) is 6. The Balaban J connectivity index is 0.000000356. The van der Waals surface area contributed by atoms with Gasteiger partial charge in [-0.2, -0.15) is 0 Å². The Bertz CT molecular complexity index is 1350. The molecule has 0 aliphatic heterocycles. The van der Waals surface area contributed by atoms with Crippen LogP contribution >= 0.6 is 11.3 Å². The van der Waals surface area contributed by atoms with Crippen molar-refractivity contribution in [2.45, 2.75) is 19.3 Å². The van der Waals surface area contributed by atoms with Crippen molar-refractivity contribution in [1.29, 1.82) is 0 Å². The lowest BCUT2D eigenvalue weighted by atomic mass is 9.86. The molecule has 3 N–H and O–H groups in total. The molecule has 0 saturated heterocycles. The van der Waals surface area contributed by atoms with Crippen LogP contribution in [0.25, 0.3) is 21.3 Å². The standard InChI is InChI=1S/C21H17N3O2S2.C5H8O2/c1-28(26)24-18-10-11-19-20(12-18)27-21(23-19)22-17-8-6-16(7-9-17)15-4-2-14(13-25)3-5-15;6-5(7)4-2-1-3-4/h2-13,24H,1H3,(H,22,23);4H,1-3H2,(H,6,7). The normalized spacial score (nSPS) is 13.7. The summed E-state index contributed by atoms with van der Waals surface area (Å²) in [5.41, 5.74) is 5.46. The van der Waals surface area contributed by atoms with Gasteiger partial charge in [-0.05, 0) is 54.3 Å². The third-order valence-corrected chi connectivity index (χ3v) is 7.08. The van der Waals surface area contributed by atoms with Gasteiger partial charge in [-0.1, -0.05) is 54.2 Å². The average Bonchev–Trinajstić information content (AvgIpc) is 3.20. The van der Waals surface area contributed by atoms with E-state index in [0.29, 0.717) is 5.56 Å². The molecule has 7 nitrogen and oxygen atoms in total. The number of hydrogen-bond donors (Lipinski definition) is 3. The number of aromatic nitrogens is 1. The Morgan fingerprint density at radius 3 is 2.17 bits per heavy atom. The minimum Gasteiger partial charge on any atom is -0.481 e. The molecular weight excluding hydrogens is 482 g/mol. The fourth-order valence-corrected chi connectivity index (χ4v) is 4.87. The van der Waals surface area contributed by atoms with E-state index in [1.165, 1.54) is 0 Å². The van der Waals surface area contributed by atoms with Crippen molar-refractivity contribution in [3.63, 3.8) is 0 Å². The molecule has 1 aromatic heterocycles. The van der Waals surface area contributed by atoms with Crippen LogP contribution in [-0.4, -0.2) is 32.8 Å². The first-order valence-electron chi connectivity index (χ1n) is 11.1. The third kappa shape index (κ3) is 6.52. The molecule has 0 bridgehead atoms. The highest BCUT2D eigenvalue weighted by atomic mass is 32.2. The number of aliphatic carboxylic acids is 1. The van der Waals surface area contributed by atoms with Gasteiger partial charge in [0.25, 0.3) is 0 Å². The van der Waals surface area contributed by atoms with Crippen molar-refractivity contribution in [3.05, 3.63) is 72.3 Å². The largest absolute Gasteiger partial charge is 0.481 e. The van der Waals surface area contributed by atoms with E-state index < -0.39 is 17.0 Å². The second kappa shape index (κ2) is 11.2. The molecule has 1 unspecified atom stereocenters. The Morgan fingerprint density at radius 1 is 1.03 bits per heavy atom. The fraction of sp³-hybridized carbons (Fsp3) is 0.192. The van der Waals surface area contributed by atoms with Gasteiger partial charge in [0.2, 0.25) is 0 Å². The van der Waals surface area contributed by atoms with Crippen molar-refractivity contribution in [3.8, 4) is 11.1 Å². The lowest BCUT2D eigenvalue weighted by Gasteiger charge is -2.19. The Hall–Kier alpha value is -3.56. The van der Waals surface area contributed by atoms with Gasteiger partial charge >= 0.3 is 5.97 Å². The number of carbonyl (C=O) groups is 2. The zero-order chi connectivity index (χ0) is 24.8. The molecule has 4 aromatic rings. The topological polar surface area (TPSA) is 108 Å². The van der Waals surface area contributed by atoms with E-state index in [0.717, 1.165) is 63.4 Å². The lowest BCUT2D eigenvalue weighted by Crippen LogP contribution is -2.20. The number of nitrogens with one attached hydrogen (secondary N) is 2. The van der Waals surface area contributed by atoms with Crippen LogP contribution in [0, 0.1) is 5.92 Å². The second-order valence-corrected chi connectivity index (χ2v) is 10.3. The van der Waals surface area contributed by atoms with Gasteiger partial charge in [0.05, 0.1) is 16.1 Å². The maximum atomic E-state index is 11.3. The molecule has 1 aliphatic carbocycles. The van der Waals surface area contributed by atoms with Crippen LogP contribution in [0.4, 0.5) is 16.5 Å². The molecule has 1 fully saturated rings. The molecule has 1 saturated carbocycles. The number of thiazole rings is 1. The van der Waals surface area contributed by atoms with Crippen LogP contribution in [-0.2, 0) is 15.8 Å². The van der Waals surface area contributed by atoms with Crippen molar-refractivity contribution < 1.29 is 18.9 Å². The molecule has 1 atom stereocenters. The Morgan fingerprint density at radius 2 is 1.66 bits per heavy atom. The summed E-state index contributed by atoms with van der Waals surface area (Å²) in [4.78, 5) is 25.4. The maximum absolute atomic E-state index is 11.3. The van der Waals surface area contributed by atoms with Crippen LogP contribution in [0.3, 0.4) is 0 Å². The highest BCUT2D eigenvalue weighted by Crippen LogP contribution is 2.31. The van der Waals surface area contributed by atoms with E-state index in [9.17, 15) is 13.8 Å². The Kier molecular flexibility index (Phi) is 7.89. The molecule has 35 heavy (non-hydrogen) atoms. The number of aldehydes is 1. The molecule has 0 spiro atoms. The first kappa shape index (κ1) is 24.6. The van der Waals surface area contributed by atoms with Crippen LogP contribution in [0.1, 0.15) is 29.6 Å². The van der Waals surface area contributed by atoms with Gasteiger partial charge in [0.15, 0.2) is 5.13 Å². The number of rotatable bonds is 7. The van der Waals surface area contributed by atoms with E-state index in [4.69, 9.17) is 5.11 Å². The van der Waals surface area contributed by atoms with Crippen LogP contribution in [0.2, 0.25) is 0 Å². The van der Waals surface area contributed by atoms with Crippen molar-refractivity contribution in [2.75, 3.05) is 16.3 Å². The summed E-state index contributed by atoms with van der Waals surface area (Å²) in [6.07, 6.45) is 5.35. The van der Waals surface area contributed by atoms with Crippen molar-refractivity contribution >= 4 is 61.3 Å². The lowest BCUT2D eigenvalue weighted by molar-refractivity contribution is -0.144. The van der Waals surface area contributed by atoms with Crippen molar-refractivity contribution in [2.24, 2.45) is 5.92 Å². The van der Waals surface area contributed by atoms with E-state index in [-0.39, 0.29) is 5.92 Å². The fourth-order valence-electron chi connectivity index (χ4n) is 3.49. The predicted octanol–water partition coefficient (Wildman–Crippen LogP) is 6.10. The molecule has 1 aliphatic rings. The summed E-state index contributed by atoms with van der Waals surface area (Å²) in [5, 5.41) is 12.4. The molecule has 1 heterocycles. The zero-order valence-corrected chi connectivity index (χ0v) is 20.7. The SMILES string of the molecule is CS(=O)Nc1ccc2nc(Nc3ccc(-c4ccc(C=O)cc4)cc3)sc2c1.O=C(O)C1CCC1. The third-order valence-electron chi connectivity index (χ3n) is 5.62. The monoisotopic (exact) mass is 507 g/mol. The quantitative estimate of drug-likeness (QED) is 0.261. The van der Waals surface area contributed by atoms with Crippen LogP contribution in [0.5, 0.6) is 0 Å². The summed E-state index contributed by atoms with van der Waals surface area (Å²) in [5.74, 6) is -0.619. The maximum Gasteiger partial charge on any atom is 0.306 e. The van der Waals surface area contributed by atoms with E-state index in [2.05, 4.69) is 15.0 Å². The minimum atomic E-state index is -1.10. The summed E-state index contributed by atoms with van der Waals surface area (Å²) < 4.78 is 15.2. The number of nitrogens with zero attached hydrogens (tertiary/aromatic N) is 1. The summed E-state index contributed by atoms with van der Waals surface area (Å²) >= 11 is 1.54. The first-order valence-corrected chi connectivity index (χ1v) is 13.4. The molecule has 3 aromatic carbocycles. The van der Waals surface area contributed by atoms with Gasteiger partial charge < -0.3 is 15.1 Å². The molecule has 9 heteroatoms. The van der Waals surface area contributed by atoms with Gasteiger partial charge in [-0.25, -0.2) is 9.19 Å². The van der Waals surface area contributed by atoms with Gasteiger partial charge in [0, 0.05) is 23.2 Å². The highest BCUT2D eigenvalue weighted by Gasteiger charge is 2.23. The first-order chi connectivity index (χ1) is 16.9. The smallest absolute Gasteiger partial charge is 0.306 e. The van der Waals surface area contributed by atoms with E-state index in [1.807, 2.05) is 66.7 Å². The summed E-state index contributed by atoms with van der Waals surface area (Å²) in [6, 6.07) is 21.3. The van der Waals surface area contributed by atoms with Gasteiger partial charge in [0.1, 0.15) is 17.3 Å². The predicted molar refractivity (Wildman–Crippen MR) is 143 cm³/mol. The zero-order valence-electron chi connectivity index (χ0n) is 19.1. The van der Waals surface area contributed by atoms with Crippen molar-refractivity contribution in [1.82, 2.24) is 4.98 Å². The number of anilines is 3. The average molecular weight is 508 g/mol. The van der Waals surface area contributed by atoms with E-state index in [1.54, 1.807) is 17.6 Å². The number of benzene rings is 3. The molecule has 180 valence electrons. The minimum absolute atomic E-state index is 0.000000000000000444. The van der Waals surface area contributed by atoms with Gasteiger partial charge in [-0.15, -0.1) is 0 Å². The van der Waals surface area contributed by atoms with Crippen LogP contribution < -0.4 is 10.0 Å². The summed E-state index contributed by atoms with van der Waals surface area (Å²) in [7, 11) is -1.10. The summed E-state index contributed by atoms with van der Waals surface area (Å²) in [6.45, 7) is 0. The molecular formula is C26H25N3O4S2.